The van der Waals surface area contributed by atoms with E-state index in [4.69, 9.17) is 17.3 Å². The molecule has 0 saturated carbocycles. The topological polar surface area (TPSA) is 43.1 Å². The van der Waals surface area contributed by atoms with Crippen molar-refractivity contribution in [2.75, 3.05) is 0 Å². The number of hydrogen-bond acceptors (Lipinski definition) is 1. The molecular formula is C10H11ClFNO. The molecule has 0 radical (unpaired) electrons. The summed E-state index contributed by atoms with van der Waals surface area (Å²) in [6.45, 7) is 1.31. The zero-order valence-corrected chi connectivity index (χ0v) is 8.51. The number of rotatable bonds is 3. The van der Waals surface area contributed by atoms with Crippen molar-refractivity contribution in [2.45, 2.75) is 19.0 Å². The van der Waals surface area contributed by atoms with Crippen LogP contribution in [0.4, 0.5) is 4.39 Å². The predicted octanol–water partition coefficient (Wildman–Crippen LogP) is 2.40. The van der Waals surface area contributed by atoms with E-state index in [2.05, 4.69) is 0 Å². The first-order chi connectivity index (χ1) is 6.42. The first-order valence-electron chi connectivity index (χ1n) is 4.15. The molecule has 1 atom stereocenters. The van der Waals surface area contributed by atoms with Crippen LogP contribution < -0.4 is 5.73 Å². The third kappa shape index (κ3) is 2.70. The Balaban J connectivity index is 2.97. The molecular weight excluding hydrogens is 205 g/mol. The summed E-state index contributed by atoms with van der Waals surface area (Å²) < 4.78 is 13.9. The van der Waals surface area contributed by atoms with Gasteiger partial charge in [0.25, 0.3) is 0 Å². The van der Waals surface area contributed by atoms with E-state index in [0.29, 0.717) is 10.6 Å². The Morgan fingerprint density at radius 1 is 1.64 bits per heavy atom. The van der Waals surface area contributed by atoms with Crippen LogP contribution in [0, 0.1) is 0 Å². The Morgan fingerprint density at radius 2 is 2.29 bits per heavy atom. The molecule has 0 bridgehead atoms. The Kier molecular flexibility index (Phi) is 3.11. The molecule has 4 heteroatoms. The number of carbonyl (C=O) groups is 1. The van der Waals surface area contributed by atoms with Gasteiger partial charge in [-0.25, -0.2) is 4.39 Å². The van der Waals surface area contributed by atoms with Crippen molar-refractivity contribution in [1.29, 1.82) is 0 Å². The minimum absolute atomic E-state index is 0.340. The minimum Gasteiger partial charge on any atom is -0.370 e. The quantitative estimate of drug-likeness (QED) is 0.827. The summed E-state index contributed by atoms with van der Waals surface area (Å²) in [5.74, 6) is -0.671. The Labute approximate surface area is 86.9 Å². The Hall–Kier alpha value is -1.09. The van der Waals surface area contributed by atoms with Gasteiger partial charge in [0.05, 0.1) is 6.42 Å². The number of amides is 1. The van der Waals surface area contributed by atoms with E-state index in [1.54, 1.807) is 18.2 Å². The normalized spacial score (nSPS) is 14.8. The van der Waals surface area contributed by atoms with Crippen molar-refractivity contribution in [3.63, 3.8) is 0 Å². The van der Waals surface area contributed by atoms with E-state index < -0.39 is 11.6 Å². The predicted molar refractivity (Wildman–Crippen MR) is 53.7 cm³/mol. The zero-order chi connectivity index (χ0) is 10.8. The van der Waals surface area contributed by atoms with Crippen LogP contribution in [-0.2, 0) is 10.5 Å². The van der Waals surface area contributed by atoms with E-state index in [0.717, 1.165) is 0 Å². The molecule has 1 aromatic rings. The van der Waals surface area contributed by atoms with E-state index in [9.17, 15) is 9.18 Å². The first-order valence-corrected chi connectivity index (χ1v) is 4.53. The van der Waals surface area contributed by atoms with Crippen LogP contribution in [0.2, 0.25) is 5.02 Å². The number of benzene rings is 1. The largest absolute Gasteiger partial charge is 0.370 e. The van der Waals surface area contributed by atoms with Gasteiger partial charge in [0.1, 0.15) is 5.67 Å². The van der Waals surface area contributed by atoms with Crippen molar-refractivity contribution in [3.05, 3.63) is 34.9 Å². The van der Waals surface area contributed by atoms with Gasteiger partial charge in [0, 0.05) is 5.02 Å². The molecule has 0 heterocycles. The molecule has 0 saturated heterocycles. The van der Waals surface area contributed by atoms with Crippen LogP contribution in [0.15, 0.2) is 24.3 Å². The summed E-state index contributed by atoms with van der Waals surface area (Å²) in [4.78, 5) is 10.6. The lowest BCUT2D eigenvalue weighted by Gasteiger charge is -2.19. The average Bonchev–Trinajstić information content (AvgIpc) is 2.01. The summed E-state index contributed by atoms with van der Waals surface area (Å²) in [7, 11) is 0. The zero-order valence-electron chi connectivity index (χ0n) is 7.76. The van der Waals surface area contributed by atoms with Gasteiger partial charge in [0.15, 0.2) is 0 Å². The van der Waals surface area contributed by atoms with Crippen LogP contribution >= 0.6 is 11.6 Å². The number of alkyl halides is 1. The fourth-order valence-corrected chi connectivity index (χ4v) is 1.43. The molecule has 0 fully saturated rings. The standard InChI is InChI=1S/C10H11ClFNO/c1-10(12,6-9(13)14)7-3-2-4-8(11)5-7/h2-5H,6H2,1H3,(H2,13,14). The number of carbonyl (C=O) groups excluding carboxylic acids is 1. The van der Waals surface area contributed by atoms with Gasteiger partial charge in [-0.15, -0.1) is 0 Å². The fraction of sp³-hybridized carbons (Fsp3) is 0.300. The first kappa shape index (κ1) is 11.0. The van der Waals surface area contributed by atoms with Crippen LogP contribution in [0.5, 0.6) is 0 Å². The molecule has 0 aliphatic heterocycles. The van der Waals surface area contributed by atoms with Crippen LogP contribution in [0.3, 0.4) is 0 Å². The highest BCUT2D eigenvalue weighted by atomic mass is 35.5. The molecule has 2 nitrogen and oxygen atoms in total. The van der Waals surface area contributed by atoms with Crippen molar-refractivity contribution >= 4 is 17.5 Å². The molecule has 0 spiro atoms. The third-order valence-electron chi connectivity index (χ3n) is 1.93. The smallest absolute Gasteiger partial charge is 0.220 e. The van der Waals surface area contributed by atoms with Crippen molar-refractivity contribution < 1.29 is 9.18 Å². The molecule has 1 unspecified atom stereocenters. The summed E-state index contributed by atoms with van der Waals surface area (Å²) in [5, 5.41) is 0.441. The van der Waals surface area contributed by atoms with Crippen LogP contribution in [0.25, 0.3) is 0 Å². The lowest BCUT2D eigenvalue weighted by Crippen LogP contribution is -2.24. The van der Waals surface area contributed by atoms with Gasteiger partial charge in [-0.2, -0.15) is 0 Å². The highest BCUT2D eigenvalue weighted by molar-refractivity contribution is 6.30. The number of halogens is 2. The second-order valence-corrected chi connectivity index (χ2v) is 3.79. The van der Waals surface area contributed by atoms with Gasteiger partial charge in [-0.3, -0.25) is 4.79 Å². The highest BCUT2D eigenvalue weighted by Crippen LogP contribution is 2.30. The average molecular weight is 216 g/mol. The van der Waals surface area contributed by atoms with Crippen LogP contribution in [0.1, 0.15) is 18.9 Å². The Bertz CT molecular complexity index is 352. The van der Waals surface area contributed by atoms with Gasteiger partial charge < -0.3 is 5.73 Å². The molecule has 1 aromatic carbocycles. The maximum atomic E-state index is 13.9. The fourth-order valence-electron chi connectivity index (χ4n) is 1.24. The molecule has 0 aromatic heterocycles. The monoisotopic (exact) mass is 215 g/mol. The maximum absolute atomic E-state index is 13.9. The maximum Gasteiger partial charge on any atom is 0.220 e. The minimum atomic E-state index is -1.75. The van der Waals surface area contributed by atoms with Gasteiger partial charge in [-0.05, 0) is 24.6 Å². The molecule has 0 aliphatic rings. The van der Waals surface area contributed by atoms with Gasteiger partial charge >= 0.3 is 0 Å². The SMILES string of the molecule is CC(F)(CC(N)=O)c1cccc(Cl)c1. The number of hydrogen-bond donors (Lipinski definition) is 1. The Morgan fingerprint density at radius 3 is 2.79 bits per heavy atom. The molecule has 14 heavy (non-hydrogen) atoms. The molecule has 2 N–H and O–H groups in total. The van der Waals surface area contributed by atoms with E-state index >= 15 is 0 Å². The van der Waals surface area contributed by atoms with Crippen LogP contribution in [-0.4, -0.2) is 5.91 Å². The van der Waals surface area contributed by atoms with E-state index in [1.165, 1.54) is 13.0 Å². The van der Waals surface area contributed by atoms with Gasteiger partial charge in [0.2, 0.25) is 5.91 Å². The highest BCUT2D eigenvalue weighted by Gasteiger charge is 2.28. The molecule has 76 valence electrons. The van der Waals surface area contributed by atoms with E-state index in [-0.39, 0.29) is 6.42 Å². The second kappa shape index (κ2) is 3.96. The van der Waals surface area contributed by atoms with Crippen molar-refractivity contribution in [3.8, 4) is 0 Å². The van der Waals surface area contributed by atoms with Crippen molar-refractivity contribution in [1.82, 2.24) is 0 Å². The molecule has 1 amide bonds. The summed E-state index contributed by atoms with van der Waals surface area (Å²) >= 11 is 5.70. The van der Waals surface area contributed by atoms with Crippen molar-refractivity contribution in [2.24, 2.45) is 5.73 Å². The molecule has 0 aliphatic carbocycles. The van der Waals surface area contributed by atoms with E-state index in [1.807, 2.05) is 0 Å². The molecule has 1 rings (SSSR count). The summed E-state index contributed by atoms with van der Waals surface area (Å²) in [6.07, 6.45) is -0.340. The summed E-state index contributed by atoms with van der Waals surface area (Å²) in [6, 6.07) is 6.35. The second-order valence-electron chi connectivity index (χ2n) is 3.35. The number of nitrogens with two attached hydrogens (primary N) is 1. The number of primary amides is 1. The lowest BCUT2D eigenvalue weighted by atomic mass is 9.94. The summed E-state index contributed by atoms with van der Waals surface area (Å²) in [5.41, 5.74) is 3.55. The van der Waals surface area contributed by atoms with Gasteiger partial charge in [-0.1, -0.05) is 23.7 Å². The third-order valence-corrected chi connectivity index (χ3v) is 2.17. The lowest BCUT2D eigenvalue weighted by molar-refractivity contribution is -0.120.